The van der Waals surface area contributed by atoms with Crippen molar-refractivity contribution in [1.82, 2.24) is 10.2 Å². The molecular weight excluding hydrogens is 486 g/mol. The van der Waals surface area contributed by atoms with Crippen LogP contribution in [0.25, 0.3) is 0 Å². The van der Waals surface area contributed by atoms with Gasteiger partial charge in [0.2, 0.25) is 11.8 Å². The highest BCUT2D eigenvalue weighted by molar-refractivity contribution is 7.92. The standard InChI is InChI=1S/C29H35N3O4S/c1-5-27(29(34)30-4)31(20-19-24-9-7-6-8-10-24)28(33)21-32(25-15-11-22(2)12-16-25)37(35,36)26-17-13-23(3)14-18-26/h6-18,27H,5,19-21H2,1-4H3,(H,30,34)/t27-/m0/s1. The lowest BCUT2D eigenvalue weighted by molar-refractivity contribution is -0.139. The fraction of sp³-hybridized carbons (Fsp3) is 0.310. The van der Waals surface area contributed by atoms with E-state index in [1.54, 1.807) is 36.4 Å². The van der Waals surface area contributed by atoms with Crippen molar-refractivity contribution in [3.8, 4) is 0 Å². The van der Waals surface area contributed by atoms with E-state index in [9.17, 15) is 18.0 Å². The number of rotatable bonds is 11. The number of carbonyl (C=O) groups is 2. The summed E-state index contributed by atoms with van der Waals surface area (Å²) in [5.74, 6) is -0.727. The summed E-state index contributed by atoms with van der Waals surface area (Å²) in [6.45, 7) is 5.48. The summed E-state index contributed by atoms with van der Waals surface area (Å²) < 4.78 is 28.7. The molecule has 0 aliphatic rings. The molecule has 0 fully saturated rings. The number of anilines is 1. The van der Waals surface area contributed by atoms with E-state index in [-0.39, 0.29) is 17.3 Å². The fourth-order valence-electron chi connectivity index (χ4n) is 4.14. The number of nitrogens with zero attached hydrogens (tertiary/aromatic N) is 2. The zero-order valence-corrected chi connectivity index (χ0v) is 22.7. The Morgan fingerprint density at radius 1 is 0.865 bits per heavy atom. The van der Waals surface area contributed by atoms with E-state index in [4.69, 9.17) is 0 Å². The van der Waals surface area contributed by atoms with Crippen molar-refractivity contribution in [1.29, 1.82) is 0 Å². The van der Waals surface area contributed by atoms with E-state index < -0.39 is 28.5 Å². The van der Waals surface area contributed by atoms with Crippen molar-refractivity contribution in [3.63, 3.8) is 0 Å². The number of amides is 2. The highest BCUT2D eigenvalue weighted by Gasteiger charge is 2.33. The highest BCUT2D eigenvalue weighted by atomic mass is 32.2. The van der Waals surface area contributed by atoms with E-state index >= 15 is 0 Å². The molecule has 0 unspecified atom stereocenters. The number of sulfonamides is 1. The largest absolute Gasteiger partial charge is 0.357 e. The smallest absolute Gasteiger partial charge is 0.264 e. The van der Waals surface area contributed by atoms with Gasteiger partial charge < -0.3 is 10.2 Å². The molecule has 0 aliphatic heterocycles. The number of carbonyl (C=O) groups excluding carboxylic acids is 2. The quantitative estimate of drug-likeness (QED) is 0.412. The molecule has 8 heteroatoms. The first kappa shape index (κ1) is 27.9. The lowest BCUT2D eigenvalue weighted by atomic mass is 10.1. The van der Waals surface area contributed by atoms with Crippen molar-refractivity contribution in [2.75, 3.05) is 24.4 Å². The molecule has 3 aromatic carbocycles. The van der Waals surface area contributed by atoms with Gasteiger partial charge in [-0.15, -0.1) is 0 Å². The van der Waals surface area contributed by atoms with Crippen LogP contribution in [-0.4, -0.2) is 51.3 Å². The normalized spacial score (nSPS) is 12.0. The van der Waals surface area contributed by atoms with Crippen LogP contribution < -0.4 is 9.62 Å². The van der Waals surface area contributed by atoms with Crippen LogP contribution in [-0.2, 0) is 26.0 Å². The average Bonchev–Trinajstić information content (AvgIpc) is 2.90. The van der Waals surface area contributed by atoms with E-state index in [0.717, 1.165) is 21.0 Å². The second kappa shape index (κ2) is 12.5. The highest BCUT2D eigenvalue weighted by Crippen LogP contribution is 2.25. The molecular formula is C29H35N3O4S. The summed E-state index contributed by atoms with van der Waals surface area (Å²) >= 11 is 0. The predicted octanol–water partition coefficient (Wildman–Crippen LogP) is 4.09. The maximum absolute atomic E-state index is 13.8. The zero-order chi connectivity index (χ0) is 27.0. The molecule has 0 radical (unpaired) electrons. The van der Waals surface area contributed by atoms with Crippen LogP contribution in [0.1, 0.15) is 30.0 Å². The molecule has 1 N–H and O–H groups in total. The molecule has 0 bridgehead atoms. The number of hydrogen-bond donors (Lipinski definition) is 1. The van der Waals surface area contributed by atoms with Crippen LogP contribution >= 0.6 is 0 Å². The monoisotopic (exact) mass is 521 g/mol. The SMILES string of the molecule is CC[C@@H](C(=O)NC)N(CCc1ccccc1)C(=O)CN(c1ccc(C)cc1)S(=O)(=O)c1ccc(C)cc1. The molecule has 0 aromatic heterocycles. The third-order valence-corrected chi connectivity index (χ3v) is 8.11. The number of benzene rings is 3. The molecule has 0 saturated heterocycles. The molecule has 0 spiro atoms. The van der Waals surface area contributed by atoms with Gasteiger partial charge in [-0.3, -0.25) is 13.9 Å². The Balaban J connectivity index is 1.99. The lowest BCUT2D eigenvalue weighted by Gasteiger charge is -2.33. The van der Waals surface area contributed by atoms with Gasteiger partial charge in [0.15, 0.2) is 0 Å². The molecule has 196 valence electrons. The summed E-state index contributed by atoms with van der Waals surface area (Å²) in [5.41, 5.74) is 3.31. The van der Waals surface area contributed by atoms with Crippen LogP contribution in [0.4, 0.5) is 5.69 Å². The van der Waals surface area contributed by atoms with E-state index in [2.05, 4.69) is 5.32 Å². The van der Waals surface area contributed by atoms with Gasteiger partial charge in [0, 0.05) is 13.6 Å². The van der Waals surface area contributed by atoms with Crippen LogP contribution in [0.15, 0.2) is 83.8 Å². The summed E-state index contributed by atoms with van der Waals surface area (Å²) in [4.78, 5) is 28.1. The van der Waals surface area contributed by atoms with Crippen LogP contribution in [0, 0.1) is 13.8 Å². The van der Waals surface area contributed by atoms with Crippen LogP contribution in [0.3, 0.4) is 0 Å². The van der Waals surface area contributed by atoms with Gasteiger partial charge in [-0.1, -0.05) is 72.6 Å². The summed E-state index contributed by atoms with van der Waals surface area (Å²) in [6, 6.07) is 22.5. The van der Waals surface area contributed by atoms with Gasteiger partial charge in [-0.2, -0.15) is 0 Å². The minimum absolute atomic E-state index is 0.0978. The predicted molar refractivity (Wildman–Crippen MR) is 147 cm³/mol. The van der Waals surface area contributed by atoms with Gasteiger partial charge in [-0.25, -0.2) is 8.42 Å². The maximum atomic E-state index is 13.8. The molecule has 0 saturated carbocycles. The summed E-state index contributed by atoms with van der Waals surface area (Å²) in [7, 11) is -2.52. The van der Waals surface area contributed by atoms with E-state index in [1.807, 2.05) is 63.2 Å². The molecule has 3 aromatic rings. The van der Waals surface area contributed by atoms with Crippen LogP contribution in [0.2, 0.25) is 0 Å². The van der Waals surface area contributed by atoms with Crippen molar-refractivity contribution in [2.45, 2.75) is 44.6 Å². The first-order valence-electron chi connectivity index (χ1n) is 12.4. The number of nitrogens with one attached hydrogen (secondary N) is 1. The van der Waals surface area contributed by atoms with Gasteiger partial charge >= 0.3 is 0 Å². The Hall–Kier alpha value is -3.65. The average molecular weight is 522 g/mol. The lowest BCUT2D eigenvalue weighted by Crippen LogP contribution is -2.52. The fourth-order valence-corrected chi connectivity index (χ4v) is 5.55. The third-order valence-electron chi connectivity index (χ3n) is 6.33. The van der Waals surface area contributed by atoms with Gasteiger partial charge in [-0.05, 0) is 56.5 Å². The minimum atomic E-state index is -4.05. The van der Waals surface area contributed by atoms with Crippen LogP contribution in [0.5, 0.6) is 0 Å². The molecule has 1 atom stereocenters. The van der Waals surface area contributed by atoms with Crippen molar-refractivity contribution >= 4 is 27.5 Å². The zero-order valence-electron chi connectivity index (χ0n) is 21.8. The van der Waals surface area contributed by atoms with E-state index in [1.165, 1.54) is 11.9 Å². The van der Waals surface area contributed by atoms with E-state index in [0.29, 0.717) is 18.5 Å². The Morgan fingerprint density at radius 2 is 1.43 bits per heavy atom. The molecule has 0 heterocycles. The number of likely N-dealkylation sites (N-methyl/N-ethyl adjacent to an activating group) is 1. The van der Waals surface area contributed by atoms with Crippen molar-refractivity contribution in [3.05, 3.63) is 95.6 Å². The van der Waals surface area contributed by atoms with Gasteiger partial charge in [0.1, 0.15) is 12.6 Å². The maximum Gasteiger partial charge on any atom is 0.264 e. The minimum Gasteiger partial charge on any atom is -0.357 e. The molecule has 2 amide bonds. The second-order valence-corrected chi connectivity index (χ2v) is 10.9. The summed E-state index contributed by atoms with van der Waals surface area (Å²) in [5, 5.41) is 2.64. The second-order valence-electron chi connectivity index (χ2n) is 9.02. The Bertz CT molecular complexity index is 1290. The Morgan fingerprint density at radius 3 is 1.97 bits per heavy atom. The van der Waals surface area contributed by atoms with Crippen molar-refractivity contribution in [2.24, 2.45) is 0 Å². The topological polar surface area (TPSA) is 86.8 Å². The molecule has 37 heavy (non-hydrogen) atoms. The number of hydrogen-bond acceptors (Lipinski definition) is 4. The first-order chi connectivity index (χ1) is 17.7. The van der Waals surface area contributed by atoms with Crippen molar-refractivity contribution < 1.29 is 18.0 Å². The van der Waals surface area contributed by atoms with Gasteiger partial charge in [0.05, 0.1) is 10.6 Å². The molecule has 0 aliphatic carbocycles. The Labute approximate surface area is 220 Å². The molecule has 3 rings (SSSR count). The Kier molecular flexibility index (Phi) is 9.47. The number of aryl methyl sites for hydroxylation is 2. The molecule has 7 nitrogen and oxygen atoms in total. The first-order valence-corrected chi connectivity index (χ1v) is 13.8. The summed E-state index contributed by atoms with van der Waals surface area (Å²) in [6.07, 6.45) is 0.935. The van der Waals surface area contributed by atoms with Gasteiger partial charge in [0.25, 0.3) is 10.0 Å². The third kappa shape index (κ3) is 6.98.